The van der Waals surface area contributed by atoms with Crippen molar-refractivity contribution in [2.45, 2.75) is 30.3 Å². The van der Waals surface area contributed by atoms with Crippen LogP contribution in [0.4, 0.5) is 0 Å². The molecule has 3 nitrogen and oxygen atoms in total. The Morgan fingerprint density at radius 1 is 1.35 bits per heavy atom. The van der Waals surface area contributed by atoms with Gasteiger partial charge in [-0.1, -0.05) is 11.8 Å². The van der Waals surface area contributed by atoms with E-state index in [0.29, 0.717) is 0 Å². The minimum Gasteiger partial charge on any atom is -0.491 e. The maximum atomic E-state index is 5.65. The zero-order valence-electron chi connectivity index (χ0n) is 10.3. The molecular weight excluding hydrogens is 234 g/mol. The zero-order valence-corrected chi connectivity index (χ0v) is 11.1. The molecule has 0 spiro atoms. The lowest BCUT2D eigenvalue weighted by Gasteiger charge is -2.23. The lowest BCUT2D eigenvalue weighted by molar-refractivity contribution is 0.0853. The van der Waals surface area contributed by atoms with Crippen molar-refractivity contribution < 1.29 is 9.47 Å². The van der Waals surface area contributed by atoms with Gasteiger partial charge < -0.3 is 14.8 Å². The molecule has 0 amide bonds. The Bertz CT molecular complexity index is 334. The van der Waals surface area contributed by atoms with Gasteiger partial charge in [-0.15, -0.1) is 0 Å². The number of nitrogens with one attached hydrogen (secondary N) is 1. The monoisotopic (exact) mass is 253 g/mol. The van der Waals surface area contributed by atoms with Gasteiger partial charge in [-0.25, -0.2) is 0 Å². The second kappa shape index (κ2) is 6.28. The van der Waals surface area contributed by atoms with E-state index in [0.717, 1.165) is 25.4 Å². The van der Waals surface area contributed by atoms with Crippen LogP contribution in [-0.2, 0) is 4.74 Å². The summed E-state index contributed by atoms with van der Waals surface area (Å²) in [5.74, 6) is 0.923. The van der Waals surface area contributed by atoms with Gasteiger partial charge in [0.1, 0.15) is 11.2 Å². The summed E-state index contributed by atoms with van der Waals surface area (Å²) < 4.78 is 11.3. The Morgan fingerprint density at radius 2 is 2.12 bits per heavy atom. The summed E-state index contributed by atoms with van der Waals surface area (Å²) in [4.78, 5) is 1.22. The van der Waals surface area contributed by atoms with Gasteiger partial charge in [-0.05, 0) is 38.1 Å². The minimum atomic E-state index is 0.222. The van der Waals surface area contributed by atoms with Gasteiger partial charge in [0, 0.05) is 18.0 Å². The quantitative estimate of drug-likeness (QED) is 0.893. The van der Waals surface area contributed by atoms with Crippen LogP contribution < -0.4 is 10.1 Å². The van der Waals surface area contributed by atoms with Gasteiger partial charge in [-0.2, -0.15) is 0 Å². The number of ether oxygens (including phenoxy) is 2. The number of hydrogen-bond donors (Lipinski definition) is 1. The van der Waals surface area contributed by atoms with E-state index in [9.17, 15) is 0 Å². The lowest BCUT2D eigenvalue weighted by atomic mass is 10.3. The molecule has 1 fully saturated rings. The summed E-state index contributed by atoms with van der Waals surface area (Å²) >= 11 is 1.75. The zero-order chi connectivity index (χ0) is 12.1. The highest BCUT2D eigenvalue weighted by Crippen LogP contribution is 2.26. The fourth-order valence-electron chi connectivity index (χ4n) is 1.64. The molecule has 1 heterocycles. The van der Waals surface area contributed by atoms with E-state index in [1.54, 1.807) is 11.8 Å². The van der Waals surface area contributed by atoms with E-state index in [4.69, 9.17) is 9.47 Å². The van der Waals surface area contributed by atoms with Crippen LogP contribution in [0.1, 0.15) is 13.8 Å². The first-order valence-corrected chi connectivity index (χ1v) is 6.88. The Hall–Kier alpha value is -0.710. The molecule has 1 unspecified atom stereocenters. The third-order valence-electron chi connectivity index (χ3n) is 2.36. The second-order valence-corrected chi connectivity index (χ2v) is 5.49. The molecule has 1 atom stereocenters. The highest BCUT2D eigenvalue weighted by molar-refractivity contribution is 7.99. The molecule has 0 saturated carbocycles. The molecule has 1 aromatic rings. The predicted octanol–water partition coefficient (Wildman–Crippen LogP) is 2.51. The van der Waals surface area contributed by atoms with Crippen molar-refractivity contribution in [3.63, 3.8) is 0 Å². The summed E-state index contributed by atoms with van der Waals surface area (Å²) in [6.45, 7) is 6.73. The standard InChI is InChI=1S/C13H19NO2S/c1-10(2)16-11-3-5-12(6-4-11)17-13-9-14-7-8-15-13/h3-6,10,13-14H,7-9H2,1-2H3. The van der Waals surface area contributed by atoms with Gasteiger partial charge in [0.15, 0.2) is 0 Å². The molecule has 2 rings (SSSR count). The van der Waals surface area contributed by atoms with Gasteiger partial charge in [0.05, 0.1) is 12.7 Å². The third-order valence-corrected chi connectivity index (χ3v) is 3.47. The molecule has 94 valence electrons. The molecule has 1 aromatic carbocycles. The fraction of sp³-hybridized carbons (Fsp3) is 0.538. The van der Waals surface area contributed by atoms with Crippen LogP contribution in [-0.4, -0.2) is 31.2 Å². The van der Waals surface area contributed by atoms with Crippen molar-refractivity contribution in [3.8, 4) is 5.75 Å². The van der Waals surface area contributed by atoms with E-state index < -0.39 is 0 Å². The smallest absolute Gasteiger partial charge is 0.120 e. The van der Waals surface area contributed by atoms with Gasteiger partial charge in [-0.3, -0.25) is 0 Å². The maximum absolute atomic E-state index is 5.65. The first kappa shape index (κ1) is 12.7. The minimum absolute atomic E-state index is 0.222. The summed E-state index contributed by atoms with van der Waals surface area (Å²) in [6, 6.07) is 8.19. The van der Waals surface area contributed by atoms with Crippen molar-refractivity contribution in [3.05, 3.63) is 24.3 Å². The molecule has 4 heteroatoms. The van der Waals surface area contributed by atoms with Crippen molar-refractivity contribution in [1.82, 2.24) is 5.32 Å². The molecule has 1 N–H and O–H groups in total. The third kappa shape index (κ3) is 4.22. The summed E-state index contributed by atoms with van der Waals surface area (Å²) in [5, 5.41) is 3.32. The summed E-state index contributed by atoms with van der Waals surface area (Å²) in [6.07, 6.45) is 0.222. The first-order chi connectivity index (χ1) is 8.24. The molecule has 1 aliphatic heterocycles. The van der Waals surface area contributed by atoms with Crippen molar-refractivity contribution >= 4 is 11.8 Å². The molecule has 1 aliphatic rings. The summed E-state index contributed by atoms with van der Waals surface area (Å²) in [7, 11) is 0. The highest BCUT2D eigenvalue weighted by atomic mass is 32.2. The lowest BCUT2D eigenvalue weighted by Crippen LogP contribution is -2.36. The van der Waals surface area contributed by atoms with Gasteiger partial charge >= 0.3 is 0 Å². The van der Waals surface area contributed by atoms with Gasteiger partial charge in [0.2, 0.25) is 0 Å². The average molecular weight is 253 g/mol. The molecule has 1 saturated heterocycles. The Kier molecular flexibility index (Phi) is 4.71. The molecular formula is C13H19NO2S. The van der Waals surface area contributed by atoms with Crippen molar-refractivity contribution in [1.29, 1.82) is 0 Å². The van der Waals surface area contributed by atoms with Crippen LogP contribution >= 0.6 is 11.8 Å². The number of morpholine rings is 1. The topological polar surface area (TPSA) is 30.5 Å². The van der Waals surface area contributed by atoms with E-state index in [-0.39, 0.29) is 11.5 Å². The van der Waals surface area contributed by atoms with Crippen LogP contribution in [0.3, 0.4) is 0 Å². The number of benzene rings is 1. The molecule has 0 aliphatic carbocycles. The van der Waals surface area contributed by atoms with Crippen LogP contribution in [0, 0.1) is 0 Å². The molecule has 0 bridgehead atoms. The Balaban J connectivity index is 1.88. The maximum Gasteiger partial charge on any atom is 0.120 e. The van der Waals surface area contributed by atoms with E-state index in [1.807, 2.05) is 26.0 Å². The fourth-order valence-corrected chi connectivity index (χ4v) is 2.60. The van der Waals surface area contributed by atoms with Crippen LogP contribution in [0.25, 0.3) is 0 Å². The number of rotatable bonds is 4. The van der Waals surface area contributed by atoms with Crippen molar-refractivity contribution in [2.24, 2.45) is 0 Å². The molecule has 0 radical (unpaired) electrons. The van der Waals surface area contributed by atoms with Gasteiger partial charge in [0.25, 0.3) is 0 Å². The van der Waals surface area contributed by atoms with E-state index in [1.165, 1.54) is 4.90 Å². The molecule has 17 heavy (non-hydrogen) atoms. The second-order valence-electron chi connectivity index (χ2n) is 4.26. The van der Waals surface area contributed by atoms with Crippen LogP contribution in [0.15, 0.2) is 29.2 Å². The van der Waals surface area contributed by atoms with Crippen LogP contribution in [0.5, 0.6) is 5.75 Å². The van der Waals surface area contributed by atoms with Crippen molar-refractivity contribution in [2.75, 3.05) is 19.7 Å². The first-order valence-electron chi connectivity index (χ1n) is 6.00. The Labute approximate surface area is 107 Å². The summed E-state index contributed by atoms with van der Waals surface area (Å²) in [5.41, 5.74) is 0.223. The normalized spacial score (nSPS) is 20.5. The number of thioether (sulfide) groups is 1. The highest BCUT2D eigenvalue weighted by Gasteiger charge is 2.14. The van der Waals surface area contributed by atoms with E-state index >= 15 is 0 Å². The number of hydrogen-bond acceptors (Lipinski definition) is 4. The average Bonchev–Trinajstić information content (AvgIpc) is 2.32. The Morgan fingerprint density at radius 3 is 2.71 bits per heavy atom. The van der Waals surface area contributed by atoms with Crippen LogP contribution in [0.2, 0.25) is 0 Å². The largest absolute Gasteiger partial charge is 0.491 e. The van der Waals surface area contributed by atoms with E-state index in [2.05, 4.69) is 17.4 Å². The SMILES string of the molecule is CC(C)Oc1ccc(SC2CNCCO2)cc1. The molecule has 0 aromatic heterocycles. The predicted molar refractivity (Wildman–Crippen MR) is 70.7 cm³/mol.